The summed E-state index contributed by atoms with van der Waals surface area (Å²) in [5.74, 6) is 0. The minimum Gasteiger partial charge on any atom is -0.391 e. The van der Waals surface area contributed by atoms with E-state index in [4.69, 9.17) is 0 Å². The molecular formula is C9H18BrNOS. The van der Waals surface area contributed by atoms with Gasteiger partial charge in [0.25, 0.3) is 0 Å². The lowest BCUT2D eigenvalue weighted by atomic mass is 10.3. The molecule has 0 aromatic rings. The number of halogens is 1. The number of alkyl halides is 1. The van der Waals surface area contributed by atoms with Crippen LogP contribution in [-0.2, 0) is 0 Å². The van der Waals surface area contributed by atoms with Crippen LogP contribution < -0.4 is 0 Å². The SMILES string of the molecule is CC1CN(CC(O)CBr)CC(C)S1. The summed E-state index contributed by atoms with van der Waals surface area (Å²) >= 11 is 5.33. The fraction of sp³-hybridized carbons (Fsp3) is 1.00. The third kappa shape index (κ3) is 4.19. The molecule has 1 saturated heterocycles. The molecule has 0 aromatic carbocycles. The Balaban J connectivity index is 2.32. The molecule has 78 valence electrons. The van der Waals surface area contributed by atoms with Crippen LogP contribution >= 0.6 is 27.7 Å². The van der Waals surface area contributed by atoms with Gasteiger partial charge >= 0.3 is 0 Å². The first-order chi connectivity index (χ1) is 6.11. The van der Waals surface area contributed by atoms with E-state index in [0.29, 0.717) is 15.8 Å². The molecular weight excluding hydrogens is 250 g/mol. The fourth-order valence-corrected chi connectivity index (χ4v) is 3.37. The van der Waals surface area contributed by atoms with Gasteiger partial charge in [-0.1, -0.05) is 29.8 Å². The number of thioether (sulfide) groups is 1. The molecule has 0 bridgehead atoms. The van der Waals surface area contributed by atoms with Gasteiger partial charge in [-0.2, -0.15) is 11.8 Å². The molecule has 3 atom stereocenters. The maximum Gasteiger partial charge on any atom is 0.0763 e. The third-order valence-corrected chi connectivity index (χ3v) is 4.12. The van der Waals surface area contributed by atoms with Gasteiger partial charge in [-0.15, -0.1) is 0 Å². The average Bonchev–Trinajstić information content (AvgIpc) is 2.02. The molecule has 4 heteroatoms. The molecule has 0 amide bonds. The maximum absolute atomic E-state index is 9.49. The molecule has 3 unspecified atom stereocenters. The molecule has 0 aliphatic carbocycles. The highest BCUT2D eigenvalue weighted by atomic mass is 79.9. The second-order valence-electron chi connectivity index (χ2n) is 3.78. The van der Waals surface area contributed by atoms with Crippen LogP contribution in [0, 0.1) is 0 Å². The minimum absolute atomic E-state index is 0.220. The molecule has 1 fully saturated rings. The molecule has 0 radical (unpaired) electrons. The summed E-state index contributed by atoms with van der Waals surface area (Å²) in [7, 11) is 0. The molecule has 0 saturated carbocycles. The van der Waals surface area contributed by atoms with Crippen molar-refractivity contribution >= 4 is 27.7 Å². The molecule has 1 N–H and O–H groups in total. The smallest absolute Gasteiger partial charge is 0.0763 e. The average molecular weight is 268 g/mol. The Morgan fingerprint density at radius 2 is 2.00 bits per heavy atom. The highest BCUT2D eigenvalue weighted by Crippen LogP contribution is 2.24. The van der Waals surface area contributed by atoms with Crippen LogP contribution in [0.15, 0.2) is 0 Å². The van der Waals surface area contributed by atoms with Crippen LogP contribution in [0.2, 0.25) is 0 Å². The topological polar surface area (TPSA) is 23.5 Å². The normalized spacial score (nSPS) is 33.2. The van der Waals surface area contributed by atoms with Crippen molar-refractivity contribution < 1.29 is 5.11 Å². The van der Waals surface area contributed by atoms with E-state index in [9.17, 15) is 5.11 Å². The van der Waals surface area contributed by atoms with Gasteiger partial charge in [-0.05, 0) is 0 Å². The van der Waals surface area contributed by atoms with E-state index >= 15 is 0 Å². The van der Waals surface area contributed by atoms with Crippen molar-refractivity contribution in [2.45, 2.75) is 30.5 Å². The van der Waals surface area contributed by atoms with Gasteiger partial charge in [0.2, 0.25) is 0 Å². The summed E-state index contributed by atoms with van der Waals surface area (Å²) < 4.78 is 0. The summed E-state index contributed by atoms with van der Waals surface area (Å²) in [6, 6.07) is 0. The Morgan fingerprint density at radius 1 is 1.46 bits per heavy atom. The van der Waals surface area contributed by atoms with E-state index in [2.05, 4.69) is 34.7 Å². The van der Waals surface area contributed by atoms with E-state index in [1.54, 1.807) is 0 Å². The first-order valence-electron chi connectivity index (χ1n) is 4.73. The van der Waals surface area contributed by atoms with Crippen LogP contribution in [-0.4, -0.2) is 51.6 Å². The minimum atomic E-state index is -0.220. The molecule has 13 heavy (non-hydrogen) atoms. The standard InChI is InChI=1S/C9H18BrNOS/c1-7-4-11(5-8(2)13-7)6-9(12)3-10/h7-9,12H,3-6H2,1-2H3. The Morgan fingerprint density at radius 3 is 2.46 bits per heavy atom. The molecule has 0 aromatic heterocycles. The lowest BCUT2D eigenvalue weighted by molar-refractivity contribution is 0.130. The predicted octanol–water partition coefficient (Wildman–Crippen LogP) is 1.57. The van der Waals surface area contributed by atoms with Gasteiger partial charge in [0.15, 0.2) is 0 Å². The van der Waals surface area contributed by atoms with Gasteiger partial charge in [0, 0.05) is 35.5 Å². The molecule has 0 spiro atoms. The van der Waals surface area contributed by atoms with Crippen LogP contribution in [0.3, 0.4) is 0 Å². The number of aliphatic hydroxyl groups is 1. The second kappa shape index (κ2) is 5.59. The van der Waals surface area contributed by atoms with E-state index in [1.165, 1.54) is 0 Å². The number of rotatable bonds is 3. The highest BCUT2D eigenvalue weighted by molar-refractivity contribution is 9.09. The fourth-order valence-electron chi connectivity index (χ4n) is 1.78. The van der Waals surface area contributed by atoms with Crippen molar-refractivity contribution in [3.63, 3.8) is 0 Å². The number of hydrogen-bond acceptors (Lipinski definition) is 3. The Kier molecular flexibility index (Phi) is 5.08. The van der Waals surface area contributed by atoms with Crippen molar-refractivity contribution in [1.82, 2.24) is 4.90 Å². The van der Waals surface area contributed by atoms with Gasteiger partial charge < -0.3 is 5.11 Å². The van der Waals surface area contributed by atoms with Gasteiger partial charge in [-0.25, -0.2) is 0 Å². The zero-order chi connectivity index (χ0) is 9.84. The molecule has 2 nitrogen and oxygen atoms in total. The zero-order valence-corrected chi connectivity index (χ0v) is 10.6. The van der Waals surface area contributed by atoms with Crippen molar-refractivity contribution in [3.8, 4) is 0 Å². The highest BCUT2D eigenvalue weighted by Gasteiger charge is 2.23. The maximum atomic E-state index is 9.49. The van der Waals surface area contributed by atoms with E-state index in [1.807, 2.05) is 11.8 Å². The van der Waals surface area contributed by atoms with Crippen molar-refractivity contribution in [2.75, 3.05) is 25.0 Å². The first kappa shape index (κ1) is 11.8. The van der Waals surface area contributed by atoms with Gasteiger partial charge in [0.05, 0.1) is 6.10 Å². The summed E-state index contributed by atoms with van der Waals surface area (Å²) in [6.45, 7) is 7.54. The lowest BCUT2D eigenvalue weighted by Crippen LogP contribution is -2.44. The van der Waals surface area contributed by atoms with Crippen LogP contribution in [0.5, 0.6) is 0 Å². The largest absolute Gasteiger partial charge is 0.391 e. The third-order valence-electron chi connectivity index (χ3n) is 2.14. The summed E-state index contributed by atoms with van der Waals surface area (Å²) in [5.41, 5.74) is 0. The van der Waals surface area contributed by atoms with Crippen molar-refractivity contribution in [3.05, 3.63) is 0 Å². The van der Waals surface area contributed by atoms with E-state index in [0.717, 1.165) is 19.6 Å². The van der Waals surface area contributed by atoms with Crippen molar-refractivity contribution in [1.29, 1.82) is 0 Å². The summed E-state index contributed by atoms with van der Waals surface area (Å²) in [5, 5.41) is 11.6. The lowest BCUT2D eigenvalue weighted by Gasteiger charge is -2.35. The van der Waals surface area contributed by atoms with Crippen LogP contribution in [0.4, 0.5) is 0 Å². The van der Waals surface area contributed by atoms with Crippen LogP contribution in [0.25, 0.3) is 0 Å². The summed E-state index contributed by atoms with van der Waals surface area (Å²) in [4.78, 5) is 2.36. The Hall–Kier alpha value is 0.750. The molecule has 1 aliphatic heterocycles. The van der Waals surface area contributed by atoms with Crippen LogP contribution in [0.1, 0.15) is 13.8 Å². The number of hydrogen-bond donors (Lipinski definition) is 1. The van der Waals surface area contributed by atoms with Gasteiger partial charge in [0.1, 0.15) is 0 Å². The molecule has 1 aliphatic rings. The zero-order valence-electron chi connectivity index (χ0n) is 8.24. The molecule has 1 rings (SSSR count). The van der Waals surface area contributed by atoms with Crippen molar-refractivity contribution in [2.24, 2.45) is 0 Å². The molecule has 1 heterocycles. The second-order valence-corrected chi connectivity index (χ2v) is 6.31. The first-order valence-corrected chi connectivity index (χ1v) is 6.80. The number of nitrogens with zero attached hydrogens (tertiary/aromatic N) is 1. The monoisotopic (exact) mass is 267 g/mol. The Labute approximate surface area is 93.2 Å². The quantitative estimate of drug-likeness (QED) is 0.786. The van der Waals surface area contributed by atoms with Gasteiger partial charge in [-0.3, -0.25) is 4.90 Å². The summed E-state index contributed by atoms with van der Waals surface area (Å²) in [6.07, 6.45) is -0.220. The number of β-amino-alcohol motifs (C(OH)–C–C–N with tert-alkyl or cyclic N) is 1. The van der Waals surface area contributed by atoms with E-state index < -0.39 is 0 Å². The Bertz CT molecular complexity index is 149. The number of aliphatic hydroxyl groups excluding tert-OH is 1. The predicted molar refractivity (Wildman–Crippen MR) is 62.8 cm³/mol. The van der Waals surface area contributed by atoms with E-state index in [-0.39, 0.29) is 6.10 Å².